The topological polar surface area (TPSA) is 66.8 Å². The van der Waals surface area contributed by atoms with Crippen molar-refractivity contribution in [1.82, 2.24) is 4.90 Å². The molecule has 0 saturated carbocycles. The van der Waals surface area contributed by atoms with E-state index in [1.807, 2.05) is 34.6 Å². The summed E-state index contributed by atoms with van der Waals surface area (Å²) in [6.07, 6.45) is -0.0519. The van der Waals surface area contributed by atoms with Gasteiger partial charge in [0.1, 0.15) is 11.4 Å². The van der Waals surface area contributed by atoms with Gasteiger partial charge in [-0.1, -0.05) is 13.8 Å². The van der Waals surface area contributed by atoms with E-state index >= 15 is 0 Å². The lowest BCUT2D eigenvalue weighted by Gasteiger charge is -2.24. The van der Waals surface area contributed by atoms with Crippen LogP contribution in [0, 0.1) is 5.92 Å². The Kier molecular flexibility index (Phi) is 6.61. The van der Waals surface area contributed by atoms with E-state index in [1.165, 1.54) is 0 Å². The number of amides is 1. The summed E-state index contributed by atoms with van der Waals surface area (Å²) in [5, 5.41) is 8.84. The van der Waals surface area contributed by atoms with E-state index in [2.05, 4.69) is 0 Å². The summed E-state index contributed by atoms with van der Waals surface area (Å²) in [5.74, 6) is -0.0750. The van der Waals surface area contributed by atoms with Gasteiger partial charge in [0, 0.05) is 18.7 Å². The van der Waals surface area contributed by atoms with Crippen LogP contribution in [-0.2, 0) is 4.79 Å². The first-order valence-corrected chi connectivity index (χ1v) is 7.88. The molecule has 0 aromatic heterocycles. The van der Waals surface area contributed by atoms with Crippen molar-refractivity contribution in [1.29, 1.82) is 0 Å². The summed E-state index contributed by atoms with van der Waals surface area (Å²) in [6.45, 7) is 10.6. The first-order chi connectivity index (χ1) is 10.6. The number of carbonyl (C=O) groups is 2. The van der Waals surface area contributed by atoms with Crippen LogP contribution in [0.4, 0.5) is 0 Å². The van der Waals surface area contributed by atoms with Crippen molar-refractivity contribution < 1.29 is 19.4 Å². The molecule has 0 fully saturated rings. The van der Waals surface area contributed by atoms with E-state index in [4.69, 9.17) is 9.84 Å². The molecule has 0 aliphatic carbocycles. The van der Waals surface area contributed by atoms with Gasteiger partial charge in [0.15, 0.2) is 0 Å². The van der Waals surface area contributed by atoms with E-state index in [0.29, 0.717) is 17.9 Å². The summed E-state index contributed by atoms with van der Waals surface area (Å²) < 4.78 is 5.74. The van der Waals surface area contributed by atoms with Crippen molar-refractivity contribution in [2.75, 3.05) is 13.1 Å². The molecule has 0 spiro atoms. The van der Waals surface area contributed by atoms with Crippen molar-refractivity contribution >= 4 is 11.9 Å². The highest BCUT2D eigenvalue weighted by Gasteiger charge is 2.18. The highest BCUT2D eigenvalue weighted by Crippen LogP contribution is 2.19. The summed E-state index contributed by atoms with van der Waals surface area (Å²) in [4.78, 5) is 24.9. The molecule has 128 valence electrons. The van der Waals surface area contributed by atoms with Crippen LogP contribution in [0.1, 0.15) is 51.4 Å². The third-order valence-electron chi connectivity index (χ3n) is 2.99. The average molecular weight is 321 g/mol. The van der Waals surface area contributed by atoms with Crippen molar-refractivity contribution in [2.24, 2.45) is 5.92 Å². The van der Waals surface area contributed by atoms with Gasteiger partial charge in [-0.2, -0.15) is 0 Å². The van der Waals surface area contributed by atoms with Gasteiger partial charge in [-0.3, -0.25) is 9.59 Å². The molecule has 0 unspecified atom stereocenters. The monoisotopic (exact) mass is 321 g/mol. The minimum atomic E-state index is -0.902. The molecular weight excluding hydrogens is 294 g/mol. The minimum absolute atomic E-state index is 0.0519. The van der Waals surface area contributed by atoms with E-state index < -0.39 is 5.97 Å². The first kappa shape index (κ1) is 19.0. The molecule has 1 aromatic carbocycles. The molecule has 5 nitrogen and oxygen atoms in total. The Labute approximate surface area is 138 Å². The standard InChI is InChI=1S/C18H27NO4/c1-13(2)12-19(11-10-16(20)21)17(22)14-6-8-15(9-7-14)23-18(3,4)5/h6-9,13H,10-12H2,1-5H3,(H,20,21). The zero-order valence-corrected chi connectivity index (χ0v) is 14.6. The molecule has 0 saturated heterocycles. The number of ether oxygens (including phenoxy) is 1. The van der Waals surface area contributed by atoms with Crippen LogP contribution in [0.25, 0.3) is 0 Å². The molecule has 0 bridgehead atoms. The fourth-order valence-corrected chi connectivity index (χ4v) is 2.15. The number of rotatable bonds is 7. The molecule has 23 heavy (non-hydrogen) atoms. The molecule has 0 aliphatic heterocycles. The van der Waals surface area contributed by atoms with Crippen LogP contribution in [0.15, 0.2) is 24.3 Å². The fourth-order valence-electron chi connectivity index (χ4n) is 2.15. The molecule has 5 heteroatoms. The van der Waals surface area contributed by atoms with Crippen LogP contribution >= 0.6 is 0 Å². The fraction of sp³-hybridized carbons (Fsp3) is 0.556. The zero-order valence-electron chi connectivity index (χ0n) is 14.6. The zero-order chi connectivity index (χ0) is 17.6. The van der Waals surface area contributed by atoms with Crippen LogP contribution in [0.3, 0.4) is 0 Å². The number of aliphatic carboxylic acids is 1. The van der Waals surface area contributed by atoms with Crippen LogP contribution in [-0.4, -0.2) is 40.6 Å². The number of nitrogens with zero attached hydrogens (tertiary/aromatic N) is 1. The van der Waals surface area contributed by atoms with Crippen LogP contribution in [0.5, 0.6) is 5.75 Å². The molecular formula is C18H27NO4. The van der Waals surface area contributed by atoms with Crippen molar-refractivity contribution in [3.8, 4) is 5.75 Å². The normalized spacial score (nSPS) is 11.4. The Balaban J connectivity index is 2.84. The van der Waals surface area contributed by atoms with Gasteiger partial charge in [0.2, 0.25) is 0 Å². The maximum atomic E-state index is 12.6. The Bertz CT molecular complexity index is 529. The Morgan fingerprint density at radius 3 is 2.17 bits per heavy atom. The molecule has 0 atom stereocenters. The van der Waals surface area contributed by atoms with Crippen LogP contribution in [0.2, 0.25) is 0 Å². The van der Waals surface area contributed by atoms with Crippen LogP contribution < -0.4 is 4.74 Å². The summed E-state index contributed by atoms with van der Waals surface area (Å²) in [7, 11) is 0. The Hall–Kier alpha value is -2.04. The summed E-state index contributed by atoms with van der Waals surface area (Å²) >= 11 is 0. The maximum Gasteiger partial charge on any atom is 0.305 e. The predicted molar refractivity (Wildman–Crippen MR) is 89.8 cm³/mol. The lowest BCUT2D eigenvalue weighted by Crippen LogP contribution is -2.36. The van der Waals surface area contributed by atoms with Gasteiger partial charge in [-0.05, 0) is 51.0 Å². The second-order valence-electron chi connectivity index (χ2n) is 7.03. The molecule has 1 aromatic rings. The predicted octanol–water partition coefficient (Wildman–Crippen LogP) is 3.44. The number of hydrogen-bond donors (Lipinski definition) is 1. The van der Waals surface area contributed by atoms with Crippen molar-refractivity contribution in [3.05, 3.63) is 29.8 Å². The molecule has 0 radical (unpaired) electrons. The second kappa shape index (κ2) is 7.99. The van der Waals surface area contributed by atoms with Crippen molar-refractivity contribution in [2.45, 2.75) is 46.6 Å². The second-order valence-corrected chi connectivity index (χ2v) is 7.03. The quantitative estimate of drug-likeness (QED) is 0.835. The van der Waals surface area contributed by atoms with Gasteiger partial charge >= 0.3 is 5.97 Å². The van der Waals surface area contributed by atoms with E-state index in [1.54, 1.807) is 29.2 Å². The van der Waals surface area contributed by atoms with Gasteiger partial charge in [0.25, 0.3) is 5.91 Å². The summed E-state index contributed by atoms with van der Waals surface area (Å²) in [5.41, 5.74) is 0.244. The maximum absolute atomic E-state index is 12.6. The number of carbonyl (C=O) groups excluding carboxylic acids is 1. The Morgan fingerprint density at radius 1 is 1.17 bits per heavy atom. The van der Waals surface area contributed by atoms with E-state index in [0.717, 1.165) is 0 Å². The average Bonchev–Trinajstić information content (AvgIpc) is 2.41. The van der Waals surface area contributed by atoms with Crippen molar-refractivity contribution in [3.63, 3.8) is 0 Å². The van der Waals surface area contributed by atoms with E-state index in [9.17, 15) is 9.59 Å². The largest absolute Gasteiger partial charge is 0.488 e. The minimum Gasteiger partial charge on any atom is -0.488 e. The molecule has 0 aliphatic rings. The number of carboxylic acids is 1. The lowest BCUT2D eigenvalue weighted by atomic mass is 10.1. The van der Waals surface area contributed by atoms with Gasteiger partial charge in [-0.15, -0.1) is 0 Å². The molecule has 1 N–H and O–H groups in total. The highest BCUT2D eigenvalue weighted by atomic mass is 16.5. The Morgan fingerprint density at radius 2 is 1.74 bits per heavy atom. The number of carboxylic acid groups (broad SMARTS) is 1. The van der Waals surface area contributed by atoms with E-state index in [-0.39, 0.29) is 30.4 Å². The number of hydrogen-bond acceptors (Lipinski definition) is 3. The SMILES string of the molecule is CC(C)CN(CCC(=O)O)C(=O)c1ccc(OC(C)(C)C)cc1. The molecule has 0 heterocycles. The smallest absolute Gasteiger partial charge is 0.305 e. The van der Waals surface area contributed by atoms with Gasteiger partial charge < -0.3 is 14.7 Å². The number of benzene rings is 1. The first-order valence-electron chi connectivity index (χ1n) is 7.88. The highest BCUT2D eigenvalue weighted by molar-refractivity contribution is 5.94. The third-order valence-corrected chi connectivity index (χ3v) is 2.99. The third kappa shape index (κ3) is 7.17. The summed E-state index contributed by atoms with van der Waals surface area (Å²) in [6, 6.07) is 6.97. The molecule has 1 amide bonds. The molecule has 1 rings (SSSR count). The van der Waals surface area contributed by atoms with Gasteiger partial charge in [-0.25, -0.2) is 0 Å². The van der Waals surface area contributed by atoms with Gasteiger partial charge in [0.05, 0.1) is 6.42 Å². The lowest BCUT2D eigenvalue weighted by molar-refractivity contribution is -0.137.